The third-order valence-corrected chi connectivity index (χ3v) is 13.0. The van der Waals surface area contributed by atoms with Gasteiger partial charge in [-0.05, 0) is 42.2 Å². The number of aliphatic hydroxyl groups is 1. The maximum atomic E-state index is 14.3. The number of allylic oxidation sites excluding steroid dienone is 1. The Morgan fingerprint density at radius 3 is 2.29 bits per heavy atom. The van der Waals surface area contributed by atoms with Crippen molar-refractivity contribution < 1.29 is 61.1 Å². The molecule has 6 rings (SSSR count). The summed E-state index contributed by atoms with van der Waals surface area (Å²) in [6, 6.07) is 8.71. The van der Waals surface area contributed by atoms with Gasteiger partial charge >= 0.3 is 23.8 Å². The lowest BCUT2D eigenvalue weighted by atomic mass is 9.69. The third-order valence-electron chi connectivity index (χ3n) is 11.1. The van der Waals surface area contributed by atoms with Crippen molar-refractivity contribution in [2.24, 2.45) is 16.7 Å². The first kappa shape index (κ1) is 35.3. The van der Waals surface area contributed by atoms with Crippen LogP contribution in [0.15, 0.2) is 42.2 Å². The summed E-state index contributed by atoms with van der Waals surface area (Å²) in [5.74, 6) is -3.51. The average Bonchev–Trinajstić information content (AvgIpc) is 3.51. The van der Waals surface area contributed by atoms with Crippen molar-refractivity contribution in [3.8, 4) is 0 Å². The van der Waals surface area contributed by atoms with Gasteiger partial charge in [0.05, 0.1) is 11.8 Å². The molecule has 1 spiro atoms. The molecule has 0 radical (unpaired) electrons. The molecule has 3 aliphatic heterocycles. The van der Waals surface area contributed by atoms with Crippen LogP contribution in [0.1, 0.15) is 71.8 Å². The zero-order chi connectivity index (χ0) is 35.5. The van der Waals surface area contributed by atoms with Crippen LogP contribution in [0.3, 0.4) is 0 Å². The molecule has 5 aliphatic rings. The van der Waals surface area contributed by atoms with Crippen LogP contribution in [0.4, 0.5) is 0 Å². The maximum absolute atomic E-state index is 14.3. The minimum Gasteiger partial charge on any atom is -0.463 e. The number of benzene rings is 1. The highest BCUT2D eigenvalue weighted by atomic mass is 32.2. The predicted molar refractivity (Wildman–Crippen MR) is 168 cm³/mol. The van der Waals surface area contributed by atoms with Crippen LogP contribution in [-0.4, -0.2) is 97.0 Å². The molecule has 1 aromatic carbocycles. The topological polar surface area (TPSA) is 181 Å². The standard InChI is InChI=1S/C34H43NO13S/c1-18(36)43-16-25-29(44-19(2)37)30(45-20(3)38)28(39)32(47-25)48-27-14-22(21-9-7-6-8-10-21)13-24(46-27)31(40)35-26-15-23-11-12-34(26,33(23,4)5)17-49(35,41)42/h6-10,13,22-23,25-30,32,39H,11-12,14-17H2,1-5H3/t22-,23-,25-,26-,27-,28+,29-,30-,32+,34-/m1/s1. The van der Waals surface area contributed by atoms with Crippen LogP contribution in [0.2, 0.25) is 0 Å². The third kappa shape index (κ3) is 6.34. The number of fused-ring (bicyclic) bond motifs is 1. The van der Waals surface area contributed by atoms with Crippen molar-refractivity contribution in [2.75, 3.05) is 12.4 Å². The van der Waals surface area contributed by atoms with Crippen molar-refractivity contribution in [1.29, 1.82) is 0 Å². The summed E-state index contributed by atoms with van der Waals surface area (Å²) in [6.45, 7) is 7.15. The zero-order valence-corrected chi connectivity index (χ0v) is 28.9. The van der Waals surface area contributed by atoms with Crippen molar-refractivity contribution in [3.05, 3.63) is 47.7 Å². The van der Waals surface area contributed by atoms with Crippen molar-refractivity contribution in [3.63, 3.8) is 0 Å². The fourth-order valence-electron chi connectivity index (χ4n) is 8.64. The minimum absolute atomic E-state index is 0.109. The summed E-state index contributed by atoms with van der Waals surface area (Å²) >= 11 is 0. The average molecular weight is 706 g/mol. The molecule has 0 aromatic heterocycles. The Hall–Kier alpha value is -3.53. The van der Waals surface area contributed by atoms with Gasteiger partial charge in [-0.25, -0.2) is 12.7 Å². The quantitative estimate of drug-likeness (QED) is 0.308. The van der Waals surface area contributed by atoms with E-state index in [1.54, 1.807) is 6.08 Å². The summed E-state index contributed by atoms with van der Waals surface area (Å²) in [5.41, 5.74) is 0.00787. The lowest BCUT2D eigenvalue weighted by molar-refractivity contribution is -0.336. The summed E-state index contributed by atoms with van der Waals surface area (Å²) in [7, 11) is -3.97. The highest BCUT2D eigenvalue weighted by molar-refractivity contribution is 7.90. The molecular weight excluding hydrogens is 662 g/mol. The minimum atomic E-state index is -3.97. The van der Waals surface area contributed by atoms with Gasteiger partial charge in [-0.1, -0.05) is 44.2 Å². The van der Waals surface area contributed by atoms with Crippen LogP contribution in [0.25, 0.3) is 0 Å². The van der Waals surface area contributed by atoms with Gasteiger partial charge in [-0.3, -0.25) is 19.2 Å². The van der Waals surface area contributed by atoms with Crippen LogP contribution in [-0.2, 0) is 57.6 Å². The second-order valence-electron chi connectivity index (χ2n) is 14.2. The highest BCUT2D eigenvalue weighted by Gasteiger charge is 2.72. The molecule has 14 nitrogen and oxygen atoms in total. The fourth-order valence-corrected chi connectivity index (χ4v) is 11.2. The molecule has 15 heteroatoms. The number of ether oxygens (including phenoxy) is 6. The molecule has 49 heavy (non-hydrogen) atoms. The van der Waals surface area contributed by atoms with Crippen LogP contribution in [0.5, 0.6) is 0 Å². The number of nitrogens with zero attached hydrogens (tertiary/aromatic N) is 1. The number of hydrogen-bond donors (Lipinski definition) is 1. The molecule has 1 N–H and O–H groups in total. The lowest BCUT2D eigenvalue weighted by Gasteiger charge is -2.44. The molecular formula is C34H43NO13S. The maximum Gasteiger partial charge on any atom is 0.303 e. The molecule has 10 atom stereocenters. The number of rotatable bonds is 8. The second kappa shape index (κ2) is 13.0. The van der Waals surface area contributed by atoms with Crippen molar-refractivity contribution in [1.82, 2.24) is 4.31 Å². The molecule has 2 aliphatic carbocycles. The molecule has 1 aromatic rings. The first-order chi connectivity index (χ1) is 23.0. The Kier molecular flexibility index (Phi) is 9.35. The first-order valence-corrected chi connectivity index (χ1v) is 18.1. The van der Waals surface area contributed by atoms with E-state index < -0.39 is 94.8 Å². The highest BCUT2D eigenvalue weighted by Crippen LogP contribution is 2.70. The molecule has 3 heterocycles. The summed E-state index contributed by atoms with van der Waals surface area (Å²) in [5, 5.41) is 11.3. The van der Waals surface area contributed by atoms with E-state index in [9.17, 15) is 32.7 Å². The predicted octanol–water partition coefficient (Wildman–Crippen LogP) is 2.30. The second-order valence-corrected chi connectivity index (χ2v) is 16.0. The molecule has 2 saturated heterocycles. The SMILES string of the molecule is CC(=O)OC[C@H]1O[C@@H](O[C@@H]2C[C@H](c3ccccc3)C=C(C(=O)N3[C@@H]4C[C@H]5CC[C@]4(CS3(=O)=O)C5(C)C)O2)[C@@H](O)[C@@H](OC(C)=O)[C@@H]1OC(C)=O. The van der Waals surface area contributed by atoms with Crippen LogP contribution in [0, 0.1) is 16.7 Å². The summed E-state index contributed by atoms with van der Waals surface area (Å²) in [6.07, 6.45) is -4.71. The summed E-state index contributed by atoms with van der Waals surface area (Å²) < 4.78 is 62.4. The van der Waals surface area contributed by atoms with E-state index in [2.05, 4.69) is 13.8 Å². The Labute approximate surface area is 285 Å². The van der Waals surface area contributed by atoms with E-state index in [0.29, 0.717) is 12.3 Å². The van der Waals surface area contributed by atoms with E-state index in [1.807, 2.05) is 30.3 Å². The largest absolute Gasteiger partial charge is 0.463 e. The molecule has 0 unspecified atom stereocenters. The van der Waals surface area contributed by atoms with Gasteiger partial charge in [0, 0.05) is 38.5 Å². The molecule has 268 valence electrons. The van der Waals surface area contributed by atoms with E-state index in [0.717, 1.165) is 36.6 Å². The number of amides is 1. The van der Waals surface area contributed by atoms with E-state index in [-0.39, 0.29) is 23.3 Å². The Balaban J connectivity index is 1.30. The molecule has 4 fully saturated rings. The van der Waals surface area contributed by atoms with Gasteiger partial charge < -0.3 is 33.5 Å². The zero-order valence-electron chi connectivity index (χ0n) is 28.1. The number of hydrogen-bond acceptors (Lipinski definition) is 13. The molecule has 2 bridgehead atoms. The van der Waals surface area contributed by atoms with Gasteiger partial charge in [0.1, 0.15) is 18.8 Å². The molecule has 1 amide bonds. The Morgan fingerprint density at radius 2 is 1.65 bits per heavy atom. The Bertz CT molecular complexity index is 1630. The van der Waals surface area contributed by atoms with E-state index in [4.69, 9.17) is 28.4 Å². The van der Waals surface area contributed by atoms with Gasteiger partial charge in [0.25, 0.3) is 0 Å². The van der Waals surface area contributed by atoms with E-state index in [1.165, 1.54) is 6.92 Å². The van der Waals surface area contributed by atoms with Gasteiger partial charge in [0.2, 0.25) is 16.3 Å². The lowest BCUT2D eigenvalue weighted by Crippen LogP contribution is -2.62. The number of carbonyl (C=O) groups is 4. The number of sulfonamides is 1. The van der Waals surface area contributed by atoms with Crippen molar-refractivity contribution >= 4 is 33.8 Å². The van der Waals surface area contributed by atoms with Crippen LogP contribution < -0.4 is 0 Å². The first-order valence-electron chi connectivity index (χ1n) is 16.5. The van der Waals surface area contributed by atoms with Gasteiger partial charge in [0.15, 0.2) is 24.3 Å². The summed E-state index contributed by atoms with van der Waals surface area (Å²) in [4.78, 5) is 50.0. The smallest absolute Gasteiger partial charge is 0.303 e. The monoisotopic (exact) mass is 705 g/mol. The number of esters is 3. The van der Waals surface area contributed by atoms with Gasteiger partial charge in [-0.2, -0.15) is 0 Å². The number of carbonyl (C=O) groups excluding carboxylic acids is 4. The van der Waals surface area contributed by atoms with Crippen molar-refractivity contribution in [2.45, 2.75) is 109 Å². The normalized spacial score (nSPS) is 37.0. The Morgan fingerprint density at radius 1 is 0.980 bits per heavy atom. The van der Waals surface area contributed by atoms with E-state index >= 15 is 0 Å². The molecule has 2 saturated carbocycles. The van der Waals surface area contributed by atoms with Gasteiger partial charge in [-0.15, -0.1) is 0 Å². The fraction of sp³-hybridized carbons (Fsp3) is 0.647. The van der Waals surface area contributed by atoms with Crippen LogP contribution >= 0.6 is 0 Å². The number of aliphatic hydroxyl groups excluding tert-OH is 1.